The number of carbonyl (C=O) groups is 1. The third-order valence-corrected chi connectivity index (χ3v) is 8.10. The second kappa shape index (κ2) is 12.4. The summed E-state index contributed by atoms with van der Waals surface area (Å²) in [5.41, 5.74) is 0.835. The molecular formula is C34H38F2N6O3. The van der Waals surface area contributed by atoms with Gasteiger partial charge < -0.3 is 14.9 Å². The summed E-state index contributed by atoms with van der Waals surface area (Å²) in [6.07, 6.45) is 2.24. The first-order chi connectivity index (χ1) is 21.3. The van der Waals surface area contributed by atoms with Crippen molar-refractivity contribution < 1.29 is 18.7 Å². The molecular weight excluding hydrogens is 578 g/mol. The molecule has 1 saturated heterocycles. The fourth-order valence-corrected chi connectivity index (χ4v) is 5.99. The van der Waals surface area contributed by atoms with E-state index in [1.807, 2.05) is 46.4 Å². The standard InChI is InChI=1S/C34H38F2N6O3/c1-18(2)15-21(6)33(44)40-13-14-41(22(7)17-40)31-23-16-25(36)29(27-24(35)9-8-10-26(27)43)38-32(23)42(34(45)39-31)30-20(5)11-12-37-28(30)19(3)4/h8-12,16,18-19,22,43H,6,13-15,17H2,1-5,7H3/t22-/m0/s1. The number of piperazine rings is 1. The number of halogens is 2. The molecule has 9 nitrogen and oxygen atoms in total. The molecule has 1 amide bonds. The van der Waals surface area contributed by atoms with Crippen LogP contribution in [-0.2, 0) is 4.79 Å². The van der Waals surface area contributed by atoms with Gasteiger partial charge in [0, 0.05) is 37.4 Å². The van der Waals surface area contributed by atoms with Crippen molar-refractivity contribution in [1.82, 2.24) is 24.4 Å². The van der Waals surface area contributed by atoms with Crippen LogP contribution >= 0.6 is 0 Å². The highest BCUT2D eigenvalue weighted by Crippen LogP contribution is 2.37. The van der Waals surface area contributed by atoms with Gasteiger partial charge in [0.1, 0.15) is 23.1 Å². The zero-order chi connectivity index (χ0) is 32.7. The third kappa shape index (κ3) is 5.91. The summed E-state index contributed by atoms with van der Waals surface area (Å²) >= 11 is 0. The van der Waals surface area contributed by atoms with Gasteiger partial charge in [0.15, 0.2) is 11.5 Å². The summed E-state index contributed by atoms with van der Waals surface area (Å²) in [6, 6.07) is 6.30. The Bertz CT molecular complexity index is 1850. The number of benzene rings is 1. The fraction of sp³-hybridized carbons (Fsp3) is 0.382. The molecule has 11 heteroatoms. The number of aromatic nitrogens is 4. The SMILES string of the molecule is C=C(CC(C)C)C(=O)N1CCN(c2nc(=O)n(-c3c(C)ccnc3C(C)C)c3nc(-c4c(O)cccc4F)c(F)cc23)[C@@H](C)C1. The van der Waals surface area contributed by atoms with E-state index >= 15 is 4.39 Å². The van der Waals surface area contributed by atoms with Crippen molar-refractivity contribution >= 4 is 22.8 Å². The number of hydrogen-bond acceptors (Lipinski definition) is 7. The van der Waals surface area contributed by atoms with E-state index in [-0.39, 0.29) is 34.7 Å². The highest BCUT2D eigenvalue weighted by Gasteiger charge is 2.32. The van der Waals surface area contributed by atoms with Crippen LogP contribution in [0.1, 0.15) is 58.2 Å². The topological polar surface area (TPSA) is 104 Å². The van der Waals surface area contributed by atoms with Crippen LogP contribution in [-0.4, -0.2) is 61.1 Å². The van der Waals surface area contributed by atoms with Gasteiger partial charge in [0.2, 0.25) is 5.91 Å². The lowest BCUT2D eigenvalue weighted by molar-refractivity contribution is -0.128. The van der Waals surface area contributed by atoms with E-state index < -0.39 is 34.3 Å². The first-order valence-electron chi connectivity index (χ1n) is 15.1. The van der Waals surface area contributed by atoms with Crippen molar-refractivity contribution in [2.45, 2.75) is 59.9 Å². The summed E-state index contributed by atoms with van der Waals surface area (Å²) < 4.78 is 32.2. The number of carbonyl (C=O) groups excluding carboxylic acids is 1. The lowest BCUT2D eigenvalue weighted by atomic mass is 10.0. The summed E-state index contributed by atoms with van der Waals surface area (Å²) in [5.74, 6) is -1.95. The van der Waals surface area contributed by atoms with E-state index in [1.165, 1.54) is 22.8 Å². The Kier molecular flexibility index (Phi) is 8.73. The highest BCUT2D eigenvalue weighted by molar-refractivity contribution is 5.94. The van der Waals surface area contributed by atoms with Crippen LogP contribution in [0.4, 0.5) is 14.6 Å². The van der Waals surface area contributed by atoms with Gasteiger partial charge in [-0.1, -0.05) is 40.3 Å². The van der Waals surface area contributed by atoms with Crippen LogP contribution in [0.2, 0.25) is 0 Å². The second-order valence-electron chi connectivity index (χ2n) is 12.4. The van der Waals surface area contributed by atoms with Crippen molar-refractivity contribution in [3.8, 4) is 22.7 Å². The highest BCUT2D eigenvalue weighted by atomic mass is 19.1. The molecule has 4 heterocycles. The molecule has 1 N–H and O–H groups in total. The number of amides is 1. The Hall–Kier alpha value is -4.67. The lowest BCUT2D eigenvalue weighted by Crippen LogP contribution is -2.54. The number of aryl methyl sites for hydroxylation is 1. The Balaban J connectivity index is 1.72. The predicted octanol–water partition coefficient (Wildman–Crippen LogP) is 5.90. The maximum atomic E-state index is 15.9. The van der Waals surface area contributed by atoms with Crippen molar-refractivity contribution in [2.24, 2.45) is 5.92 Å². The van der Waals surface area contributed by atoms with Gasteiger partial charge in [-0.3, -0.25) is 9.78 Å². The second-order valence-corrected chi connectivity index (χ2v) is 12.4. The molecule has 0 saturated carbocycles. The van der Waals surface area contributed by atoms with Crippen molar-refractivity contribution in [3.05, 3.63) is 82.1 Å². The predicted molar refractivity (Wildman–Crippen MR) is 171 cm³/mol. The molecule has 0 spiro atoms. The zero-order valence-electron chi connectivity index (χ0n) is 26.4. The molecule has 0 aliphatic carbocycles. The molecule has 236 valence electrons. The number of anilines is 1. The summed E-state index contributed by atoms with van der Waals surface area (Å²) in [5, 5.41) is 10.7. The molecule has 1 aliphatic rings. The average molecular weight is 617 g/mol. The average Bonchev–Trinajstić information content (AvgIpc) is 2.97. The largest absolute Gasteiger partial charge is 0.507 e. The van der Waals surface area contributed by atoms with Crippen LogP contribution in [0.3, 0.4) is 0 Å². The van der Waals surface area contributed by atoms with Crippen LogP contribution in [0, 0.1) is 24.5 Å². The minimum Gasteiger partial charge on any atom is -0.507 e. The Morgan fingerprint density at radius 3 is 2.49 bits per heavy atom. The van der Waals surface area contributed by atoms with E-state index in [0.29, 0.717) is 48.9 Å². The van der Waals surface area contributed by atoms with Crippen molar-refractivity contribution in [3.63, 3.8) is 0 Å². The number of rotatable bonds is 7. The van der Waals surface area contributed by atoms with Gasteiger partial charge >= 0.3 is 5.69 Å². The van der Waals surface area contributed by atoms with Gasteiger partial charge in [0.05, 0.1) is 22.3 Å². The maximum absolute atomic E-state index is 15.9. The van der Waals surface area contributed by atoms with Gasteiger partial charge in [-0.05, 0) is 61.9 Å². The number of fused-ring (bicyclic) bond motifs is 1. The normalized spacial score (nSPS) is 15.4. The molecule has 1 aromatic carbocycles. The van der Waals surface area contributed by atoms with Gasteiger partial charge in [-0.25, -0.2) is 23.1 Å². The van der Waals surface area contributed by atoms with Crippen molar-refractivity contribution in [2.75, 3.05) is 24.5 Å². The zero-order valence-corrected chi connectivity index (χ0v) is 26.4. The van der Waals surface area contributed by atoms with E-state index in [9.17, 15) is 19.1 Å². The molecule has 3 aromatic heterocycles. The van der Waals surface area contributed by atoms with Crippen LogP contribution in [0.25, 0.3) is 28.0 Å². The first kappa shape index (κ1) is 31.7. The Morgan fingerprint density at radius 1 is 1.11 bits per heavy atom. The van der Waals surface area contributed by atoms with Gasteiger partial charge in [0.25, 0.3) is 0 Å². The van der Waals surface area contributed by atoms with Crippen LogP contribution in [0.15, 0.2) is 53.5 Å². The molecule has 5 rings (SSSR count). The number of pyridine rings is 2. The maximum Gasteiger partial charge on any atom is 0.355 e. The number of aromatic hydroxyl groups is 1. The number of phenolic OH excluding ortho intramolecular Hbond substituents is 1. The van der Waals surface area contributed by atoms with E-state index in [0.717, 1.165) is 11.6 Å². The monoisotopic (exact) mass is 616 g/mol. The fourth-order valence-electron chi connectivity index (χ4n) is 5.99. The molecule has 45 heavy (non-hydrogen) atoms. The van der Waals surface area contributed by atoms with Crippen LogP contribution in [0.5, 0.6) is 5.75 Å². The number of hydrogen-bond donors (Lipinski definition) is 1. The number of phenols is 1. The molecule has 0 bridgehead atoms. The summed E-state index contributed by atoms with van der Waals surface area (Å²) in [4.78, 5) is 44.3. The third-order valence-electron chi connectivity index (χ3n) is 8.10. The van der Waals surface area contributed by atoms with E-state index in [4.69, 9.17) is 0 Å². The lowest BCUT2D eigenvalue weighted by Gasteiger charge is -2.41. The van der Waals surface area contributed by atoms with Crippen molar-refractivity contribution in [1.29, 1.82) is 0 Å². The first-order valence-corrected chi connectivity index (χ1v) is 15.1. The molecule has 1 fully saturated rings. The number of nitrogens with zero attached hydrogens (tertiary/aromatic N) is 6. The molecule has 1 atom stereocenters. The molecule has 0 unspecified atom stereocenters. The Morgan fingerprint density at radius 2 is 1.84 bits per heavy atom. The smallest absolute Gasteiger partial charge is 0.355 e. The summed E-state index contributed by atoms with van der Waals surface area (Å²) in [7, 11) is 0. The molecule has 4 aromatic rings. The minimum absolute atomic E-state index is 0.0399. The minimum atomic E-state index is -0.894. The van der Waals surface area contributed by atoms with Gasteiger partial charge in [-0.15, -0.1) is 0 Å². The quantitative estimate of drug-likeness (QED) is 0.258. The summed E-state index contributed by atoms with van der Waals surface area (Å²) in [6.45, 7) is 16.7. The van der Waals surface area contributed by atoms with E-state index in [1.54, 1.807) is 17.2 Å². The van der Waals surface area contributed by atoms with Gasteiger partial charge in [-0.2, -0.15) is 4.98 Å². The van der Waals surface area contributed by atoms with E-state index in [2.05, 4.69) is 21.5 Å². The molecule has 0 radical (unpaired) electrons. The Labute approximate surface area is 260 Å². The molecule has 1 aliphatic heterocycles. The van der Waals surface area contributed by atoms with Crippen LogP contribution < -0.4 is 10.6 Å².